The van der Waals surface area contributed by atoms with E-state index >= 15 is 0 Å². The summed E-state index contributed by atoms with van der Waals surface area (Å²) in [7, 11) is 0. The molecule has 0 radical (unpaired) electrons. The first-order valence-electron chi connectivity index (χ1n) is 7.33. The highest BCUT2D eigenvalue weighted by Crippen LogP contribution is 2.51. The molecule has 19 heavy (non-hydrogen) atoms. The molecular weight excluding hydrogens is 242 g/mol. The molecule has 0 atom stereocenters. The summed E-state index contributed by atoms with van der Waals surface area (Å²) in [6.45, 7) is 8.00. The van der Waals surface area contributed by atoms with Crippen LogP contribution in [0.4, 0.5) is 0 Å². The first-order valence-corrected chi connectivity index (χ1v) is 7.33. The minimum Gasteiger partial charge on any atom is -0.347 e. The van der Waals surface area contributed by atoms with Gasteiger partial charge in [0.05, 0.1) is 0 Å². The van der Waals surface area contributed by atoms with Gasteiger partial charge in [0.2, 0.25) is 0 Å². The number of nitrogens with one attached hydrogen (secondary N) is 2. The molecule has 0 spiro atoms. The molecule has 2 amide bonds. The summed E-state index contributed by atoms with van der Waals surface area (Å²) in [6, 6.07) is 0. The molecule has 0 unspecified atom stereocenters. The lowest BCUT2D eigenvalue weighted by Crippen LogP contribution is -2.46. The van der Waals surface area contributed by atoms with Crippen molar-refractivity contribution < 1.29 is 9.59 Å². The topological polar surface area (TPSA) is 61.4 Å². The molecule has 1 saturated heterocycles. The van der Waals surface area contributed by atoms with Crippen LogP contribution in [0.25, 0.3) is 0 Å². The molecule has 1 saturated carbocycles. The molecule has 0 aromatic carbocycles. The van der Waals surface area contributed by atoms with Gasteiger partial charge in [0.15, 0.2) is 0 Å². The van der Waals surface area contributed by atoms with Gasteiger partial charge in [-0.1, -0.05) is 13.8 Å². The largest absolute Gasteiger partial charge is 0.347 e. The van der Waals surface area contributed by atoms with E-state index in [1.54, 1.807) is 4.90 Å². The van der Waals surface area contributed by atoms with Gasteiger partial charge in [0.1, 0.15) is 0 Å². The number of amides is 2. The van der Waals surface area contributed by atoms with Crippen LogP contribution in [0, 0.1) is 11.3 Å². The second-order valence-corrected chi connectivity index (χ2v) is 6.10. The van der Waals surface area contributed by atoms with E-state index in [9.17, 15) is 9.59 Å². The predicted molar refractivity (Wildman–Crippen MR) is 73.6 cm³/mol. The van der Waals surface area contributed by atoms with Crippen molar-refractivity contribution in [2.75, 3.05) is 32.7 Å². The second kappa shape index (κ2) is 5.90. The van der Waals surface area contributed by atoms with Crippen molar-refractivity contribution in [3.05, 3.63) is 0 Å². The zero-order valence-electron chi connectivity index (χ0n) is 12.0. The lowest BCUT2D eigenvalue weighted by atomic mass is 9.92. The average molecular weight is 267 g/mol. The van der Waals surface area contributed by atoms with Crippen LogP contribution in [0.3, 0.4) is 0 Å². The Bertz CT molecular complexity index is 343. The number of rotatable bonds is 3. The summed E-state index contributed by atoms with van der Waals surface area (Å²) in [5, 5.41) is 6.06. The maximum atomic E-state index is 12.0. The second-order valence-electron chi connectivity index (χ2n) is 6.10. The highest BCUT2D eigenvalue weighted by atomic mass is 16.2. The molecule has 1 aliphatic heterocycles. The van der Waals surface area contributed by atoms with Crippen LogP contribution in [-0.4, -0.2) is 49.4 Å². The van der Waals surface area contributed by atoms with E-state index in [-0.39, 0.29) is 11.3 Å². The lowest BCUT2D eigenvalue weighted by Gasteiger charge is -2.22. The van der Waals surface area contributed by atoms with E-state index in [0.717, 1.165) is 32.4 Å². The Balaban J connectivity index is 1.80. The summed E-state index contributed by atoms with van der Waals surface area (Å²) in [5.74, 6) is -0.248. The number of carbonyl (C=O) groups is 2. The fourth-order valence-corrected chi connectivity index (χ4v) is 2.64. The minimum atomic E-state index is -0.436. The van der Waals surface area contributed by atoms with E-state index in [1.807, 2.05) is 0 Å². The molecule has 108 valence electrons. The lowest BCUT2D eigenvalue weighted by molar-refractivity contribution is -0.145. The first-order chi connectivity index (χ1) is 9.05. The van der Waals surface area contributed by atoms with Gasteiger partial charge in [-0.15, -0.1) is 0 Å². The van der Waals surface area contributed by atoms with Crippen molar-refractivity contribution in [1.29, 1.82) is 0 Å². The van der Waals surface area contributed by atoms with E-state index in [1.165, 1.54) is 0 Å². The summed E-state index contributed by atoms with van der Waals surface area (Å²) in [5.41, 5.74) is 0.246. The Morgan fingerprint density at radius 2 is 2.00 bits per heavy atom. The zero-order valence-corrected chi connectivity index (χ0v) is 12.0. The van der Waals surface area contributed by atoms with Crippen molar-refractivity contribution in [1.82, 2.24) is 15.5 Å². The van der Waals surface area contributed by atoms with Gasteiger partial charge in [0, 0.05) is 26.2 Å². The maximum Gasteiger partial charge on any atom is 0.311 e. The van der Waals surface area contributed by atoms with Gasteiger partial charge < -0.3 is 15.5 Å². The van der Waals surface area contributed by atoms with Gasteiger partial charge in [-0.2, -0.15) is 0 Å². The molecule has 0 bridgehead atoms. The van der Waals surface area contributed by atoms with Crippen LogP contribution in [-0.2, 0) is 9.59 Å². The third-order valence-corrected chi connectivity index (χ3v) is 4.54. The van der Waals surface area contributed by atoms with Gasteiger partial charge in [-0.25, -0.2) is 0 Å². The van der Waals surface area contributed by atoms with Crippen molar-refractivity contribution in [3.63, 3.8) is 0 Å². The average Bonchev–Trinajstić information content (AvgIpc) is 3.19. The number of carbonyl (C=O) groups excluding carboxylic acids is 2. The molecule has 2 fully saturated rings. The monoisotopic (exact) mass is 267 g/mol. The van der Waals surface area contributed by atoms with Gasteiger partial charge in [-0.3, -0.25) is 9.59 Å². The molecule has 5 heteroatoms. The Hall–Kier alpha value is -1.10. The van der Waals surface area contributed by atoms with Gasteiger partial charge in [0.25, 0.3) is 0 Å². The highest BCUT2D eigenvalue weighted by Gasteiger charge is 2.45. The molecule has 1 heterocycles. The number of nitrogens with zero attached hydrogens (tertiary/aromatic N) is 1. The predicted octanol–water partition coefficient (Wildman–Crippen LogP) is 0.361. The van der Waals surface area contributed by atoms with Crippen molar-refractivity contribution in [2.24, 2.45) is 11.3 Å². The normalized spacial score (nSPS) is 21.9. The Morgan fingerprint density at radius 3 is 2.63 bits per heavy atom. The van der Waals surface area contributed by atoms with E-state index in [2.05, 4.69) is 24.5 Å². The Morgan fingerprint density at radius 1 is 1.26 bits per heavy atom. The molecule has 2 aliphatic rings. The molecule has 2 rings (SSSR count). The molecule has 5 nitrogen and oxygen atoms in total. The fraction of sp³-hybridized carbons (Fsp3) is 0.857. The fourth-order valence-electron chi connectivity index (χ4n) is 2.64. The summed E-state index contributed by atoms with van der Waals surface area (Å²) < 4.78 is 0. The van der Waals surface area contributed by atoms with Gasteiger partial charge >= 0.3 is 11.8 Å². The van der Waals surface area contributed by atoms with Gasteiger partial charge in [-0.05, 0) is 37.1 Å². The summed E-state index contributed by atoms with van der Waals surface area (Å²) >= 11 is 0. The first kappa shape index (κ1) is 14.3. The van der Waals surface area contributed by atoms with Crippen molar-refractivity contribution >= 4 is 11.8 Å². The van der Waals surface area contributed by atoms with Crippen LogP contribution in [0.2, 0.25) is 0 Å². The molecule has 1 aliphatic carbocycles. The van der Waals surface area contributed by atoms with Crippen molar-refractivity contribution in [2.45, 2.75) is 33.1 Å². The molecule has 0 aromatic heterocycles. The van der Waals surface area contributed by atoms with Crippen LogP contribution in [0.5, 0.6) is 0 Å². The Labute approximate surface area is 115 Å². The number of hydrogen-bond donors (Lipinski definition) is 2. The summed E-state index contributed by atoms with van der Waals surface area (Å²) in [4.78, 5) is 25.6. The van der Waals surface area contributed by atoms with Crippen LogP contribution in [0.15, 0.2) is 0 Å². The van der Waals surface area contributed by atoms with Crippen LogP contribution < -0.4 is 10.6 Å². The molecular formula is C14H25N3O2. The highest BCUT2D eigenvalue weighted by molar-refractivity contribution is 6.35. The minimum absolute atomic E-state index is 0.246. The van der Waals surface area contributed by atoms with E-state index < -0.39 is 5.91 Å². The Kier molecular flexibility index (Phi) is 4.45. The quantitative estimate of drug-likeness (QED) is 0.726. The standard InChI is InChI=1S/C14H25N3O2/c1-11(2)14(4-5-14)10-16-12(18)13(19)17-8-3-6-15-7-9-17/h11,15H,3-10H2,1-2H3,(H,16,18). The third-order valence-electron chi connectivity index (χ3n) is 4.54. The zero-order chi connectivity index (χ0) is 13.9. The molecule has 0 aromatic rings. The third kappa shape index (κ3) is 3.47. The van der Waals surface area contributed by atoms with Crippen molar-refractivity contribution in [3.8, 4) is 0 Å². The van der Waals surface area contributed by atoms with E-state index in [0.29, 0.717) is 25.6 Å². The SMILES string of the molecule is CC(C)C1(CNC(=O)C(=O)N2CCCNCC2)CC1. The molecule has 2 N–H and O–H groups in total. The van der Waals surface area contributed by atoms with E-state index in [4.69, 9.17) is 0 Å². The van der Waals surface area contributed by atoms with Crippen LogP contribution in [0.1, 0.15) is 33.1 Å². The maximum absolute atomic E-state index is 12.0. The summed E-state index contributed by atoms with van der Waals surface area (Å²) in [6.07, 6.45) is 3.23. The van der Waals surface area contributed by atoms with Crippen LogP contribution >= 0.6 is 0 Å². The smallest absolute Gasteiger partial charge is 0.311 e. The number of hydrogen-bond acceptors (Lipinski definition) is 3.